The molecule has 3 heterocycles. The van der Waals surface area contributed by atoms with Crippen LogP contribution in [0.1, 0.15) is 23.4 Å². The van der Waals surface area contributed by atoms with Crippen molar-refractivity contribution in [3.05, 3.63) is 77.3 Å². The van der Waals surface area contributed by atoms with Crippen molar-refractivity contribution in [3.63, 3.8) is 0 Å². The van der Waals surface area contributed by atoms with E-state index in [0.717, 1.165) is 48.6 Å². The van der Waals surface area contributed by atoms with Crippen LogP contribution in [-0.4, -0.2) is 28.6 Å². The minimum Gasteiger partial charge on any atom is -0.470 e. The Balaban J connectivity index is 1.61. The lowest BCUT2D eigenvalue weighted by Crippen LogP contribution is -2.26. The highest BCUT2D eigenvalue weighted by Crippen LogP contribution is 2.28. The van der Waals surface area contributed by atoms with Crippen molar-refractivity contribution in [2.45, 2.75) is 19.3 Å². The predicted octanol–water partition coefficient (Wildman–Crippen LogP) is 3.73. The zero-order valence-electron chi connectivity index (χ0n) is 14.7. The maximum atomic E-state index is 4.91. The normalized spacial score (nSPS) is 13.5. The van der Waals surface area contributed by atoms with Crippen LogP contribution in [0.4, 0.5) is 5.69 Å². The largest absolute Gasteiger partial charge is 0.470 e. The summed E-state index contributed by atoms with van der Waals surface area (Å²) in [6.45, 7) is 0.814. The van der Waals surface area contributed by atoms with Crippen molar-refractivity contribution in [1.29, 1.82) is 0 Å². The standard InChI is InChI=1S/C20H20N5O/c1-26-24-25-12-6-11-17-19(25)14-21-20(23-17)18-10-5-9-16(22-18)13-15-7-3-2-4-8-15/h2-5,7-10,14H,6,11-13H2,1H3/q-1. The summed E-state index contributed by atoms with van der Waals surface area (Å²) in [5.74, 6) is 0.651. The summed E-state index contributed by atoms with van der Waals surface area (Å²) in [6.07, 6.45) is 4.49. The minimum atomic E-state index is 0.651. The molecule has 1 aromatic carbocycles. The quantitative estimate of drug-likeness (QED) is 0.659. The molecule has 0 bridgehead atoms. The summed E-state index contributed by atoms with van der Waals surface area (Å²) in [5, 5.41) is 1.81. The van der Waals surface area contributed by atoms with E-state index < -0.39 is 0 Å². The van der Waals surface area contributed by atoms with Crippen LogP contribution in [0.5, 0.6) is 0 Å². The molecule has 0 fully saturated rings. The number of hydrogen-bond acceptors (Lipinski definition) is 5. The van der Waals surface area contributed by atoms with Crippen LogP contribution in [0.3, 0.4) is 0 Å². The predicted molar refractivity (Wildman–Crippen MR) is 101 cm³/mol. The zero-order valence-corrected chi connectivity index (χ0v) is 14.7. The van der Waals surface area contributed by atoms with Gasteiger partial charge in [-0.2, -0.15) is 0 Å². The highest BCUT2D eigenvalue weighted by Gasteiger charge is 2.16. The van der Waals surface area contributed by atoms with Crippen molar-refractivity contribution in [2.24, 2.45) is 0 Å². The van der Waals surface area contributed by atoms with Crippen LogP contribution in [0.2, 0.25) is 0 Å². The first-order chi connectivity index (χ1) is 12.8. The number of anilines is 1. The molecule has 132 valence electrons. The van der Waals surface area contributed by atoms with Gasteiger partial charge in [0.05, 0.1) is 17.6 Å². The van der Waals surface area contributed by atoms with Gasteiger partial charge in [-0.05, 0) is 30.5 Å². The van der Waals surface area contributed by atoms with Crippen LogP contribution < -0.4 is 5.01 Å². The number of aromatic nitrogens is 3. The molecule has 0 spiro atoms. The van der Waals surface area contributed by atoms with E-state index in [9.17, 15) is 0 Å². The number of fused-ring (bicyclic) bond motifs is 1. The number of aryl methyl sites for hydroxylation is 1. The number of pyridine rings is 1. The Labute approximate surface area is 152 Å². The molecule has 1 aliphatic heterocycles. The average Bonchev–Trinajstić information content (AvgIpc) is 2.69. The van der Waals surface area contributed by atoms with Crippen molar-refractivity contribution >= 4 is 5.69 Å². The van der Waals surface area contributed by atoms with Crippen molar-refractivity contribution in [3.8, 4) is 11.5 Å². The lowest BCUT2D eigenvalue weighted by molar-refractivity contribution is 0.278. The fraction of sp³-hybridized carbons (Fsp3) is 0.250. The molecule has 3 aromatic rings. The molecule has 0 aliphatic carbocycles. The van der Waals surface area contributed by atoms with E-state index in [2.05, 4.69) is 22.7 Å². The summed E-state index contributed by atoms with van der Waals surface area (Å²) in [7, 11) is 1.55. The van der Waals surface area contributed by atoms with Gasteiger partial charge < -0.3 is 15.4 Å². The lowest BCUT2D eigenvalue weighted by Gasteiger charge is -2.41. The van der Waals surface area contributed by atoms with Gasteiger partial charge in [-0.25, -0.2) is 15.0 Å². The van der Waals surface area contributed by atoms with Gasteiger partial charge in [-0.1, -0.05) is 36.4 Å². The highest BCUT2D eigenvalue weighted by atomic mass is 16.7. The topological polar surface area (TPSA) is 65.2 Å². The Bertz CT molecular complexity index is 884. The first-order valence-electron chi connectivity index (χ1n) is 8.71. The molecule has 6 heteroatoms. The van der Waals surface area contributed by atoms with Crippen LogP contribution >= 0.6 is 0 Å². The Morgan fingerprint density at radius 2 is 1.96 bits per heavy atom. The lowest BCUT2D eigenvalue weighted by atomic mass is 10.1. The Kier molecular flexibility index (Phi) is 4.86. The number of rotatable bonds is 5. The van der Waals surface area contributed by atoms with Crippen molar-refractivity contribution in [2.75, 3.05) is 18.7 Å². The molecule has 0 radical (unpaired) electrons. The van der Waals surface area contributed by atoms with Gasteiger partial charge in [0.2, 0.25) is 0 Å². The van der Waals surface area contributed by atoms with Gasteiger partial charge in [0, 0.05) is 25.8 Å². The maximum absolute atomic E-state index is 4.91. The monoisotopic (exact) mass is 346 g/mol. The molecule has 0 amide bonds. The van der Waals surface area contributed by atoms with Crippen molar-refractivity contribution < 1.29 is 4.84 Å². The summed E-state index contributed by atoms with van der Waals surface area (Å²) < 4.78 is 0. The van der Waals surface area contributed by atoms with Gasteiger partial charge in [0.25, 0.3) is 0 Å². The average molecular weight is 346 g/mol. The fourth-order valence-electron chi connectivity index (χ4n) is 3.14. The Morgan fingerprint density at radius 3 is 2.81 bits per heavy atom. The van der Waals surface area contributed by atoms with E-state index in [1.54, 1.807) is 7.11 Å². The first kappa shape index (κ1) is 16.6. The van der Waals surface area contributed by atoms with E-state index in [0.29, 0.717) is 5.82 Å². The van der Waals surface area contributed by atoms with E-state index in [4.69, 9.17) is 14.8 Å². The van der Waals surface area contributed by atoms with Crippen LogP contribution in [0, 0.1) is 0 Å². The SMILES string of the molecule is CO[N-]N1CCCc2nc(-c3cccc(Cc4ccccc4)n3)ncc21. The van der Waals surface area contributed by atoms with E-state index in [1.807, 2.05) is 47.6 Å². The molecular formula is C20H20N5O-. The van der Waals surface area contributed by atoms with Crippen LogP contribution in [0.15, 0.2) is 54.7 Å². The molecule has 2 aromatic heterocycles. The number of hydrogen-bond donors (Lipinski definition) is 0. The van der Waals surface area contributed by atoms with Gasteiger partial charge in [0.1, 0.15) is 5.69 Å². The van der Waals surface area contributed by atoms with Crippen molar-refractivity contribution in [1.82, 2.24) is 15.0 Å². The fourth-order valence-corrected chi connectivity index (χ4v) is 3.14. The number of benzene rings is 1. The molecule has 0 N–H and O–H groups in total. The second kappa shape index (κ2) is 7.59. The Hall–Kier alpha value is -2.83. The second-order valence-electron chi connectivity index (χ2n) is 6.19. The van der Waals surface area contributed by atoms with Gasteiger partial charge in [0.15, 0.2) is 5.82 Å². The van der Waals surface area contributed by atoms with E-state index in [-0.39, 0.29) is 0 Å². The number of nitrogens with zero attached hydrogens (tertiary/aromatic N) is 5. The van der Waals surface area contributed by atoms with Crippen LogP contribution in [0.25, 0.3) is 17.1 Å². The third-order valence-electron chi connectivity index (χ3n) is 4.35. The summed E-state index contributed by atoms with van der Waals surface area (Å²) in [4.78, 5) is 18.9. The van der Waals surface area contributed by atoms with Gasteiger partial charge in [-0.15, -0.1) is 0 Å². The second-order valence-corrected chi connectivity index (χ2v) is 6.19. The molecular weight excluding hydrogens is 326 g/mol. The van der Waals surface area contributed by atoms with Crippen LogP contribution in [-0.2, 0) is 17.7 Å². The molecule has 6 nitrogen and oxygen atoms in total. The van der Waals surface area contributed by atoms with E-state index in [1.165, 1.54) is 5.56 Å². The summed E-state index contributed by atoms with van der Waals surface area (Å²) in [5.41, 5.74) is 8.95. The molecule has 4 rings (SSSR count). The summed E-state index contributed by atoms with van der Waals surface area (Å²) in [6, 6.07) is 16.3. The highest BCUT2D eigenvalue weighted by molar-refractivity contribution is 5.58. The molecule has 0 atom stereocenters. The third-order valence-corrected chi connectivity index (χ3v) is 4.35. The zero-order chi connectivity index (χ0) is 17.8. The first-order valence-corrected chi connectivity index (χ1v) is 8.71. The van der Waals surface area contributed by atoms with E-state index >= 15 is 0 Å². The molecule has 0 unspecified atom stereocenters. The molecule has 0 saturated heterocycles. The minimum absolute atomic E-state index is 0.651. The smallest absolute Gasteiger partial charge is 0.178 e. The van der Waals surface area contributed by atoms with Gasteiger partial charge in [-0.3, -0.25) is 0 Å². The summed E-state index contributed by atoms with van der Waals surface area (Å²) >= 11 is 0. The van der Waals surface area contributed by atoms with Gasteiger partial charge >= 0.3 is 0 Å². The molecule has 0 saturated carbocycles. The molecule has 26 heavy (non-hydrogen) atoms. The maximum Gasteiger partial charge on any atom is 0.178 e. The Morgan fingerprint density at radius 1 is 1.08 bits per heavy atom. The third kappa shape index (κ3) is 3.56. The molecule has 1 aliphatic rings.